The first-order valence-electron chi connectivity index (χ1n) is 9.81. The zero-order valence-electron chi connectivity index (χ0n) is 16.8. The second-order valence-electron chi connectivity index (χ2n) is 6.80. The number of hydrogen-bond donors (Lipinski definition) is 0. The zero-order valence-corrected chi connectivity index (χ0v) is 18.4. The van der Waals surface area contributed by atoms with Gasteiger partial charge in [-0.1, -0.05) is 18.3 Å². The van der Waals surface area contributed by atoms with E-state index in [4.69, 9.17) is 0 Å². The van der Waals surface area contributed by atoms with Crippen molar-refractivity contribution in [2.24, 2.45) is 0 Å². The van der Waals surface area contributed by atoms with E-state index in [1.807, 2.05) is 22.9 Å². The topological polar surface area (TPSA) is 51.0 Å². The number of nitrogens with zero attached hydrogens (tertiary/aromatic N) is 4. The van der Waals surface area contributed by atoms with Crippen molar-refractivity contribution in [2.75, 3.05) is 17.2 Å². The number of benzene rings is 2. The quantitative estimate of drug-likeness (QED) is 0.322. The highest BCUT2D eigenvalue weighted by Crippen LogP contribution is 2.32. The Morgan fingerprint density at radius 1 is 1.23 bits per heavy atom. The summed E-state index contributed by atoms with van der Waals surface area (Å²) in [7, 11) is 0. The van der Waals surface area contributed by atoms with Gasteiger partial charge >= 0.3 is 0 Å². The predicted molar refractivity (Wildman–Crippen MR) is 121 cm³/mol. The molecule has 1 amide bonds. The minimum atomic E-state index is -0.732. The van der Waals surface area contributed by atoms with Gasteiger partial charge in [-0.25, -0.2) is 18.7 Å². The van der Waals surface area contributed by atoms with Gasteiger partial charge in [0.2, 0.25) is 0 Å². The molecule has 0 fully saturated rings. The molecule has 4 aromatic rings. The van der Waals surface area contributed by atoms with Gasteiger partial charge in [0.1, 0.15) is 11.3 Å². The standard InChI is InChI=1S/C22H20F2N4OS2/c1-2-30-17-6-4-15(5-7-17)21(29)28(10-3-9-27-11-8-25-14-27)22-26-20-18(24)12-16(23)13-19(20)31-22/h4-8,11-14H,2-3,9-10H2,1H3. The summed E-state index contributed by atoms with van der Waals surface area (Å²) in [6, 6.07) is 9.45. The Morgan fingerprint density at radius 2 is 2.03 bits per heavy atom. The van der Waals surface area contributed by atoms with Gasteiger partial charge in [-0.3, -0.25) is 9.69 Å². The highest BCUT2D eigenvalue weighted by atomic mass is 32.2. The fourth-order valence-electron chi connectivity index (χ4n) is 3.19. The third kappa shape index (κ3) is 4.94. The number of imidazole rings is 1. The van der Waals surface area contributed by atoms with E-state index in [1.54, 1.807) is 41.3 Å². The summed E-state index contributed by atoms with van der Waals surface area (Å²) >= 11 is 2.80. The molecule has 0 aliphatic rings. The Bertz CT molecular complexity index is 1180. The first-order chi connectivity index (χ1) is 15.0. The summed E-state index contributed by atoms with van der Waals surface area (Å²) in [5.74, 6) is -0.674. The molecular formula is C22H20F2N4OS2. The van der Waals surface area contributed by atoms with Crippen LogP contribution in [0.2, 0.25) is 0 Å². The van der Waals surface area contributed by atoms with Gasteiger partial charge in [0.25, 0.3) is 5.91 Å². The van der Waals surface area contributed by atoms with Crippen LogP contribution in [0.1, 0.15) is 23.7 Å². The fourth-order valence-corrected chi connectivity index (χ4v) is 4.88. The van der Waals surface area contributed by atoms with Gasteiger partial charge in [-0.15, -0.1) is 11.8 Å². The highest BCUT2D eigenvalue weighted by Gasteiger charge is 2.22. The molecule has 0 N–H and O–H groups in total. The molecular weight excluding hydrogens is 438 g/mol. The van der Waals surface area contributed by atoms with Crippen LogP contribution in [0.15, 0.2) is 60.0 Å². The van der Waals surface area contributed by atoms with E-state index < -0.39 is 11.6 Å². The lowest BCUT2D eigenvalue weighted by molar-refractivity contribution is 0.0986. The number of carbonyl (C=O) groups is 1. The molecule has 31 heavy (non-hydrogen) atoms. The van der Waals surface area contributed by atoms with Gasteiger partial charge in [0, 0.05) is 42.0 Å². The first-order valence-corrected chi connectivity index (χ1v) is 11.6. The fraction of sp³-hybridized carbons (Fsp3) is 0.227. The second kappa shape index (κ2) is 9.57. The van der Waals surface area contributed by atoms with Gasteiger partial charge in [-0.05, 0) is 42.5 Å². The molecule has 2 aromatic carbocycles. The maximum absolute atomic E-state index is 14.2. The summed E-state index contributed by atoms with van der Waals surface area (Å²) in [6.07, 6.45) is 5.92. The minimum absolute atomic E-state index is 0.0727. The summed E-state index contributed by atoms with van der Waals surface area (Å²) < 4.78 is 30.1. The van der Waals surface area contributed by atoms with Gasteiger partial charge in [0.05, 0.1) is 11.0 Å². The van der Waals surface area contributed by atoms with E-state index in [2.05, 4.69) is 16.9 Å². The average Bonchev–Trinajstić information content (AvgIpc) is 3.41. The molecule has 4 rings (SSSR count). The van der Waals surface area contributed by atoms with Crippen LogP contribution < -0.4 is 4.90 Å². The smallest absolute Gasteiger partial charge is 0.260 e. The molecule has 0 unspecified atom stereocenters. The van der Waals surface area contributed by atoms with Crippen molar-refractivity contribution in [3.05, 3.63) is 72.3 Å². The Kier molecular flexibility index (Phi) is 6.62. The van der Waals surface area contributed by atoms with Crippen LogP contribution in [0.5, 0.6) is 0 Å². The summed E-state index contributed by atoms with van der Waals surface area (Å²) in [4.78, 5) is 24.3. The molecule has 0 radical (unpaired) electrons. The summed E-state index contributed by atoms with van der Waals surface area (Å²) in [6.45, 7) is 3.12. The number of rotatable bonds is 8. The van der Waals surface area contributed by atoms with E-state index in [0.29, 0.717) is 34.9 Å². The zero-order chi connectivity index (χ0) is 21.8. The molecule has 0 saturated heterocycles. The third-order valence-electron chi connectivity index (χ3n) is 4.65. The van der Waals surface area contributed by atoms with Crippen LogP contribution >= 0.6 is 23.1 Å². The van der Waals surface area contributed by atoms with Crippen molar-refractivity contribution in [3.8, 4) is 0 Å². The van der Waals surface area contributed by atoms with Crippen molar-refractivity contribution in [1.82, 2.24) is 14.5 Å². The molecule has 160 valence electrons. The van der Waals surface area contributed by atoms with Crippen molar-refractivity contribution in [1.29, 1.82) is 0 Å². The number of halogens is 2. The number of thioether (sulfide) groups is 1. The Morgan fingerprint density at radius 3 is 2.74 bits per heavy atom. The predicted octanol–water partition coefficient (Wildman–Crippen LogP) is 5.62. The van der Waals surface area contributed by atoms with Crippen molar-refractivity contribution >= 4 is 44.4 Å². The number of aromatic nitrogens is 3. The molecule has 2 aromatic heterocycles. The maximum Gasteiger partial charge on any atom is 0.260 e. The van der Waals surface area contributed by atoms with Crippen LogP contribution in [0.4, 0.5) is 13.9 Å². The lowest BCUT2D eigenvalue weighted by Gasteiger charge is -2.20. The number of thiazole rings is 1. The molecule has 0 aliphatic heterocycles. The van der Waals surface area contributed by atoms with E-state index in [0.717, 1.165) is 28.1 Å². The molecule has 9 heteroatoms. The SMILES string of the molecule is CCSc1ccc(C(=O)N(CCCn2ccnc2)c2nc3c(F)cc(F)cc3s2)cc1. The molecule has 0 aliphatic carbocycles. The molecule has 0 atom stereocenters. The largest absolute Gasteiger partial charge is 0.337 e. The summed E-state index contributed by atoms with van der Waals surface area (Å²) in [5.41, 5.74) is 0.595. The summed E-state index contributed by atoms with van der Waals surface area (Å²) in [5, 5.41) is 0.349. The molecule has 0 spiro atoms. The van der Waals surface area contributed by atoms with Crippen LogP contribution in [-0.2, 0) is 6.54 Å². The minimum Gasteiger partial charge on any atom is -0.337 e. The number of anilines is 1. The number of aryl methyl sites for hydroxylation is 1. The Hall–Kier alpha value is -2.78. The van der Waals surface area contributed by atoms with Crippen LogP contribution in [0.3, 0.4) is 0 Å². The van der Waals surface area contributed by atoms with E-state index in [9.17, 15) is 13.6 Å². The number of amides is 1. The monoisotopic (exact) mass is 458 g/mol. The molecule has 5 nitrogen and oxygen atoms in total. The molecule has 2 heterocycles. The maximum atomic E-state index is 14.2. The second-order valence-corrected chi connectivity index (χ2v) is 9.15. The van der Waals surface area contributed by atoms with Crippen LogP contribution in [-0.4, -0.2) is 32.7 Å². The number of hydrogen-bond acceptors (Lipinski definition) is 5. The number of carbonyl (C=O) groups excluding carboxylic acids is 1. The van der Waals surface area contributed by atoms with Crippen molar-refractivity contribution in [3.63, 3.8) is 0 Å². The average molecular weight is 459 g/mol. The van der Waals surface area contributed by atoms with Crippen LogP contribution in [0, 0.1) is 11.6 Å². The Labute approximate surface area is 186 Å². The van der Waals surface area contributed by atoms with Gasteiger partial charge in [-0.2, -0.15) is 0 Å². The van der Waals surface area contributed by atoms with E-state index >= 15 is 0 Å². The third-order valence-corrected chi connectivity index (χ3v) is 6.57. The lowest BCUT2D eigenvalue weighted by Crippen LogP contribution is -2.32. The van der Waals surface area contributed by atoms with Crippen LogP contribution in [0.25, 0.3) is 10.2 Å². The molecule has 0 bridgehead atoms. The highest BCUT2D eigenvalue weighted by molar-refractivity contribution is 7.99. The van der Waals surface area contributed by atoms with Crippen molar-refractivity contribution in [2.45, 2.75) is 24.8 Å². The van der Waals surface area contributed by atoms with Gasteiger partial charge in [0.15, 0.2) is 10.9 Å². The lowest BCUT2D eigenvalue weighted by atomic mass is 10.2. The van der Waals surface area contributed by atoms with Crippen molar-refractivity contribution < 1.29 is 13.6 Å². The van der Waals surface area contributed by atoms with Gasteiger partial charge < -0.3 is 4.57 Å². The van der Waals surface area contributed by atoms with E-state index in [1.165, 1.54) is 6.07 Å². The Balaban J connectivity index is 1.63. The normalized spacial score (nSPS) is 11.2. The first kappa shape index (κ1) is 21.5. The van der Waals surface area contributed by atoms with E-state index in [-0.39, 0.29) is 11.4 Å². The number of fused-ring (bicyclic) bond motifs is 1. The molecule has 0 saturated carbocycles.